The molecule has 0 bridgehead atoms. The molecule has 2 aromatic carbocycles. The summed E-state index contributed by atoms with van der Waals surface area (Å²) in [6.07, 6.45) is 4.85. The molecule has 9 heteroatoms. The van der Waals surface area contributed by atoms with Crippen LogP contribution in [0.15, 0.2) is 83.8 Å². The van der Waals surface area contributed by atoms with Crippen molar-refractivity contribution < 1.29 is 18.7 Å². The molecular formula is C23H17N5O4. The minimum atomic E-state index is -0.364. The van der Waals surface area contributed by atoms with Crippen molar-refractivity contribution in [1.82, 2.24) is 19.7 Å². The molecule has 5 rings (SSSR count). The van der Waals surface area contributed by atoms with E-state index >= 15 is 0 Å². The van der Waals surface area contributed by atoms with Gasteiger partial charge in [-0.3, -0.25) is 4.79 Å². The molecule has 0 saturated carbocycles. The zero-order chi connectivity index (χ0) is 21.9. The monoisotopic (exact) mass is 427 g/mol. The number of methoxy groups -OCH3 is 1. The fourth-order valence-electron chi connectivity index (χ4n) is 3.14. The summed E-state index contributed by atoms with van der Waals surface area (Å²) in [5.74, 6) is 1.92. The molecule has 1 N–H and O–H groups in total. The van der Waals surface area contributed by atoms with E-state index in [1.54, 1.807) is 72.7 Å². The highest BCUT2D eigenvalue weighted by Crippen LogP contribution is 2.29. The van der Waals surface area contributed by atoms with E-state index in [4.69, 9.17) is 13.9 Å². The molecule has 0 aliphatic heterocycles. The molecule has 158 valence electrons. The number of benzene rings is 2. The predicted octanol–water partition coefficient (Wildman–Crippen LogP) is 4.46. The smallest absolute Gasteiger partial charge is 0.291 e. The number of carbonyl (C=O) groups excluding carboxylic acids is 1. The molecule has 0 spiro atoms. The maximum Gasteiger partial charge on any atom is 0.291 e. The van der Waals surface area contributed by atoms with Gasteiger partial charge in [-0.05, 0) is 42.5 Å². The number of hydrogen-bond donors (Lipinski definition) is 1. The average Bonchev–Trinajstić information content (AvgIpc) is 3.51. The highest BCUT2D eigenvalue weighted by molar-refractivity contribution is 6.05. The zero-order valence-electron chi connectivity index (χ0n) is 16.9. The van der Waals surface area contributed by atoms with Gasteiger partial charge in [-0.25, -0.2) is 14.6 Å². The zero-order valence-corrected chi connectivity index (χ0v) is 16.9. The lowest BCUT2D eigenvalue weighted by Crippen LogP contribution is -2.10. The highest BCUT2D eigenvalue weighted by atomic mass is 16.5. The number of amides is 1. The first-order chi connectivity index (χ1) is 15.7. The normalized spacial score (nSPS) is 10.8. The van der Waals surface area contributed by atoms with Crippen LogP contribution in [0, 0.1) is 0 Å². The topological polar surface area (TPSA) is 104 Å². The summed E-state index contributed by atoms with van der Waals surface area (Å²) in [5.41, 5.74) is 1.12. The van der Waals surface area contributed by atoms with Crippen molar-refractivity contribution in [2.75, 3.05) is 12.4 Å². The summed E-state index contributed by atoms with van der Waals surface area (Å²) in [6.45, 7) is 0. The van der Waals surface area contributed by atoms with Crippen LogP contribution < -0.4 is 14.8 Å². The summed E-state index contributed by atoms with van der Waals surface area (Å²) in [7, 11) is 1.56. The number of nitrogens with one attached hydrogen (secondary N) is 1. The molecule has 0 saturated heterocycles. The number of ether oxygens (including phenoxy) is 2. The van der Waals surface area contributed by atoms with Gasteiger partial charge in [-0.15, -0.1) is 0 Å². The van der Waals surface area contributed by atoms with Gasteiger partial charge in [0.2, 0.25) is 5.88 Å². The Balaban J connectivity index is 1.28. The SMILES string of the molecule is COc1cccc2cc(C(=O)Nc3ccc(Oc4cc(-n5cccn5)ncn4)cc3)oc12. The molecule has 0 radical (unpaired) electrons. The number of anilines is 1. The number of aromatic nitrogens is 4. The average molecular weight is 427 g/mol. The summed E-state index contributed by atoms with van der Waals surface area (Å²) >= 11 is 0. The van der Waals surface area contributed by atoms with E-state index in [0.717, 1.165) is 5.39 Å². The van der Waals surface area contributed by atoms with Gasteiger partial charge in [0, 0.05) is 29.5 Å². The summed E-state index contributed by atoms with van der Waals surface area (Å²) in [6, 6.07) is 17.6. The van der Waals surface area contributed by atoms with Crippen LogP contribution in [0.4, 0.5) is 5.69 Å². The number of furan rings is 1. The molecule has 3 aromatic heterocycles. The maximum atomic E-state index is 12.6. The Bertz CT molecular complexity index is 1380. The Morgan fingerprint density at radius 1 is 1.06 bits per heavy atom. The lowest BCUT2D eigenvalue weighted by atomic mass is 10.2. The van der Waals surface area contributed by atoms with Crippen molar-refractivity contribution in [2.24, 2.45) is 0 Å². The van der Waals surface area contributed by atoms with Crippen LogP contribution in [0.2, 0.25) is 0 Å². The number of fused-ring (bicyclic) bond motifs is 1. The Morgan fingerprint density at radius 2 is 1.94 bits per heavy atom. The Kier molecular flexibility index (Phi) is 4.97. The van der Waals surface area contributed by atoms with Crippen LogP contribution in [0.5, 0.6) is 17.4 Å². The number of para-hydroxylation sites is 1. The van der Waals surface area contributed by atoms with E-state index in [0.29, 0.717) is 34.5 Å². The fraction of sp³-hybridized carbons (Fsp3) is 0.0435. The second kappa shape index (κ2) is 8.23. The Labute approximate surface area is 182 Å². The first kappa shape index (κ1) is 19.3. The minimum Gasteiger partial charge on any atom is -0.493 e. The molecule has 1 amide bonds. The van der Waals surface area contributed by atoms with Crippen molar-refractivity contribution in [3.8, 4) is 23.2 Å². The second-order valence-electron chi connectivity index (χ2n) is 6.73. The number of nitrogens with zero attached hydrogens (tertiary/aromatic N) is 4. The molecule has 0 unspecified atom stereocenters. The van der Waals surface area contributed by atoms with Crippen LogP contribution >= 0.6 is 0 Å². The third-order valence-corrected chi connectivity index (χ3v) is 4.65. The van der Waals surface area contributed by atoms with Crippen molar-refractivity contribution in [3.05, 3.63) is 85.1 Å². The summed E-state index contributed by atoms with van der Waals surface area (Å²) < 4.78 is 18.4. The predicted molar refractivity (Wildman–Crippen MR) is 116 cm³/mol. The van der Waals surface area contributed by atoms with Crippen molar-refractivity contribution in [3.63, 3.8) is 0 Å². The van der Waals surface area contributed by atoms with Gasteiger partial charge in [-0.1, -0.05) is 12.1 Å². The lowest BCUT2D eigenvalue weighted by molar-refractivity contribution is 0.0998. The van der Waals surface area contributed by atoms with Crippen LogP contribution in [0.1, 0.15) is 10.6 Å². The first-order valence-electron chi connectivity index (χ1n) is 9.67. The molecule has 3 heterocycles. The highest BCUT2D eigenvalue weighted by Gasteiger charge is 2.15. The molecule has 0 aliphatic carbocycles. The van der Waals surface area contributed by atoms with E-state index in [2.05, 4.69) is 20.4 Å². The van der Waals surface area contributed by atoms with Gasteiger partial charge in [0.1, 0.15) is 12.1 Å². The van der Waals surface area contributed by atoms with E-state index < -0.39 is 0 Å². The van der Waals surface area contributed by atoms with Crippen molar-refractivity contribution in [2.45, 2.75) is 0 Å². The first-order valence-corrected chi connectivity index (χ1v) is 9.67. The van der Waals surface area contributed by atoms with Gasteiger partial charge in [0.05, 0.1) is 7.11 Å². The maximum absolute atomic E-state index is 12.6. The van der Waals surface area contributed by atoms with E-state index in [9.17, 15) is 4.79 Å². The van der Waals surface area contributed by atoms with Crippen molar-refractivity contribution >= 4 is 22.6 Å². The largest absolute Gasteiger partial charge is 0.493 e. The third-order valence-electron chi connectivity index (χ3n) is 4.65. The van der Waals surface area contributed by atoms with Gasteiger partial charge >= 0.3 is 0 Å². The van der Waals surface area contributed by atoms with Crippen LogP contribution in [-0.2, 0) is 0 Å². The molecule has 32 heavy (non-hydrogen) atoms. The summed E-state index contributed by atoms with van der Waals surface area (Å²) in [4.78, 5) is 20.9. The summed E-state index contributed by atoms with van der Waals surface area (Å²) in [5, 5.41) is 7.74. The van der Waals surface area contributed by atoms with Gasteiger partial charge in [-0.2, -0.15) is 5.10 Å². The number of rotatable bonds is 6. The number of carbonyl (C=O) groups is 1. The van der Waals surface area contributed by atoms with E-state index in [-0.39, 0.29) is 11.7 Å². The van der Waals surface area contributed by atoms with Gasteiger partial charge in [0.25, 0.3) is 5.91 Å². The molecule has 0 aliphatic rings. The molecular weight excluding hydrogens is 410 g/mol. The molecule has 5 aromatic rings. The lowest BCUT2D eigenvalue weighted by Gasteiger charge is -2.08. The van der Waals surface area contributed by atoms with E-state index in [1.807, 2.05) is 12.1 Å². The Morgan fingerprint density at radius 3 is 2.72 bits per heavy atom. The second-order valence-corrected chi connectivity index (χ2v) is 6.73. The molecule has 0 atom stereocenters. The van der Waals surface area contributed by atoms with Crippen LogP contribution in [0.3, 0.4) is 0 Å². The van der Waals surface area contributed by atoms with Crippen LogP contribution in [-0.4, -0.2) is 32.8 Å². The number of hydrogen-bond acceptors (Lipinski definition) is 7. The minimum absolute atomic E-state index is 0.192. The molecule has 9 nitrogen and oxygen atoms in total. The fourth-order valence-corrected chi connectivity index (χ4v) is 3.14. The van der Waals surface area contributed by atoms with Gasteiger partial charge in [0.15, 0.2) is 22.9 Å². The Hall–Kier alpha value is -4.66. The van der Waals surface area contributed by atoms with Crippen molar-refractivity contribution in [1.29, 1.82) is 0 Å². The van der Waals surface area contributed by atoms with E-state index in [1.165, 1.54) is 6.33 Å². The van der Waals surface area contributed by atoms with Crippen LogP contribution in [0.25, 0.3) is 16.8 Å². The quantitative estimate of drug-likeness (QED) is 0.426. The van der Waals surface area contributed by atoms with Gasteiger partial charge < -0.3 is 19.2 Å². The third kappa shape index (κ3) is 3.86. The standard InChI is InChI=1S/C23H17N5O4/c1-30-18-5-2-4-15-12-19(32-22(15)18)23(29)27-16-6-8-17(9-7-16)31-21-13-20(24-14-25-21)28-11-3-10-26-28/h2-14H,1H3,(H,27,29). The molecule has 0 fully saturated rings.